The van der Waals surface area contributed by atoms with E-state index >= 15 is 0 Å². The number of anilines is 1. The first-order valence-corrected chi connectivity index (χ1v) is 19.9. The number of aromatic nitrogens is 1. The van der Waals surface area contributed by atoms with E-state index in [-0.39, 0.29) is 23.1 Å². The van der Waals surface area contributed by atoms with Crippen molar-refractivity contribution in [3.8, 4) is 0 Å². The number of benzene rings is 2. The highest BCUT2D eigenvalue weighted by Gasteiger charge is 2.55. The first kappa shape index (κ1) is 31.3. The number of pyridine rings is 1. The Morgan fingerprint density at radius 2 is 1.53 bits per heavy atom. The molecule has 6 nitrogen and oxygen atoms in total. The average Bonchev–Trinajstić information content (AvgIpc) is 4.00. The van der Waals surface area contributed by atoms with E-state index < -0.39 is 8.32 Å². The Balaban J connectivity index is 1.09. The molecule has 0 spiro atoms. The maximum Gasteiger partial charge on any atom is 0.261 e. The van der Waals surface area contributed by atoms with Crippen LogP contribution in [0.2, 0.25) is 5.04 Å². The molecule has 2 saturated carbocycles. The SMILES string of the molecule is Cc1c(N2CCC(OCC3(C)CC3)C3CC32)nc2c(c1C)C(=O)N1CCC(O[Si](c3ccccc3)(c3ccccc3)C(C)(C)C)CC21. The van der Waals surface area contributed by atoms with Crippen LogP contribution in [-0.2, 0) is 9.16 Å². The number of fused-ring (bicyclic) bond motifs is 4. The van der Waals surface area contributed by atoms with Gasteiger partial charge in [-0.3, -0.25) is 4.79 Å². The van der Waals surface area contributed by atoms with Crippen molar-refractivity contribution < 1.29 is 14.0 Å². The van der Waals surface area contributed by atoms with Gasteiger partial charge in [0, 0.05) is 31.2 Å². The van der Waals surface area contributed by atoms with Crippen molar-refractivity contribution in [2.45, 2.75) is 109 Å². The number of rotatable bonds is 8. The summed E-state index contributed by atoms with van der Waals surface area (Å²) in [5.41, 5.74) is 4.50. The number of carbonyl (C=O) groups excluding carboxylic acids is 1. The lowest BCUT2D eigenvalue weighted by Gasteiger charge is -2.47. The van der Waals surface area contributed by atoms with E-state index in [9.17, 15) is 4.79 Å². The maximum absolute atomic E-state index is 14.0. The number of amides is 1. The summed E-state index contributed by atoms with van der Waals surface area (Å²) in [5.74, 6) is 1.84. The second kappa shape index (κ2) is 11.3. The van der Waals surface area contributed by atoms with E-state index in [4.69, 9.17) is 14.1 Å². The van der Waals surface area contributed by atoms with Crippen LogP contribution in [0.3, 0.4) is 0 Å². The van der Waals surface area contributed by atoms with Crippen molar-refractivity contribution in [2.24, 2.45) is 11.3 Å². The monoisotopic (exact) mass is 649 g/mol. The zero-order valence-corrected chi connectivity index (χ0v) is 30.1. The molecule has 5 atom stereocenters. The number of ether oxygens (including phenoxy) is 1. The molecule has 2 aromatic carbocycles. The summed E-state index contributed by atoms with van der Waals surface area (Å²) in [6.07, 6.45) is 6.86. The van der Waals surface area contributed by atoms with Crippen LogP contribution >= 0.6 is 0 Å². The molecule has 4 fully saturated rings. The van der Waals surface area contributed by atoms with Crippen LogP contribution in [0.1, 0.15) is 99.4 Å². The third kappa shape index (κ3) is 5.19. The molecule has 2 saturated heterocycles. The van der Waals surface area contributed by atoms with Crippen LogP contribution in [0, 0.1) is 25.2 Å². The summed E-state index contributed by atoms with van der Waals surface area (Å²) in [7, 11) is -2.72. The lowest BCUT2D eigenvalue weighted by Crippen LogP contribution is -2.68. The fraction of sp³-hybridized carbons (Fsp3) is 0.550. The summed E-state index contributed by atoms with van der Waals surface area (Å²) in [6.45, 7) is 16.3. The maximum atomic E-state index is 14.0. The smallest absolute Gasteiger partial charge is 0.261 e. The van der Waals surface area contributed by atoms with Gasteiger partial charge in [-0.25, -0.2) is 4.98 Å². The van der Waals surface area contributed by atoms with Gasteiger partial charge >= 0.3 is 0 Å². The van der Waals surface area contributed by atoms with Gasteiger partial charge in [0.15, 0.2) is 0 Å². The fourth-order valence-electron chi connectivity index (χ4n) is 8.96. The molecule has 0 radical (unpaired) electrons. The second-order valence-corrected chi connectivity index (χ2v) is 20.7. The molecular weight excluding hydrogens is 599 g/mol. The minimum Gasteiger partial charge on any atom is -0.404 e. The van der Waals surface area contributed by atoms with Gasteiger partial charge < -0.3 is 19.0 Å². The van der Waals surface area contributed by atoms with Crippen LogP contribution in [0.15, 0.2) is 60.7 Å². The van der Waals surface area contributed by atoms with Gasteiger partial charge in [0.1, 0.15) is 5.82 Å². The Morgan fingerprint density at radius 1 is 0.894 bits per heavy atom. The van der Waals surface area contributed by atoms with Crippen molar-refractivity contribution in [2.75, 3.05) is 24.6 Å². The van der Waals surface area contributed by atoms with Crippen LogP contribution in [0.5, 0.6) is 0 Å². The summed E-state index contributed by atoms with van der Waals surface area (Å²) in [5, 5.41) is 2.50. The highest BCUT2D eigenvalue weighted by molar-refractivity contribution is 6.99. The minimum atomic E-state index is -2.72. The predicted octanol–water partition coefficient (Wildman–Crippen LogP) is 6.72. The molecule has 248 valence electrons. The second-order valence-electron chi connectivity index (χ2n) is 16.5. The molecule has 1 amide bonds. The summed E-state index contributed by atoms with van der Waals surface area (Å²) in [6, 6.07) is 22.3. The molecule has 1 aromatic heterocycles. The van der Waals surface area contributed by atoms with E-state index in [1.165, 1.54) is 29.6 Å². The van der Waals surface area contributed by atoms with E-state index in [0.29, 0.717) is 30.0 Å². The molecular formula is C40H51N3O3Si. The number of hydrogen-bond donors (Lipinski definition) is 0. The lowest BCUT2D eigenvalue weighted by molar-refractivity contribution is 0.00310. The molecule has 47 heavy (non-hydrogen) atoms. The van der Waals surface area contributed by atoms with Crippen molar-refractivity contribution in [1.29, 1.82) is 0 Å². The van der Waals surface area contributed by atoms with Crippen molar-refractivity contribution in [3.63, 3.8) is 0 Å². The van der Waals surface area contributed by atoms with Gasteiger partial charge in [-0.15, -0.1) is 0 Å². The van der Waals surface area contributed by atoms with Crippen LogP contribution in [-0.4, -0.2) is 62.1 Å². The zero-order chi connectivity index (χ0) is 32.7. The summed E-state index contributed by atoms with van der Waals surface area (Å²) >= 11 is 0. The van der Waals surface area contributed by atoms with Crippen molar-refractivity contribution >= 4 is 30.4 Å². The first-order valence-electron chi connectivity index (χ1n) is 18.0. The summed E-state index contributed by atoms with van der Waals surface area (Å²) in [4.78, 5) is 24.1. The molecule has 5 unspecified atom stereocenters. The molecule has 5 aliphatic rings. The number of carbonyl (C=O) groups is 1. The molecule has 8 rings (SSSR count). The Bertz CT molecular complexity index is 1630. The molecule has 2 aliphatic carbocycles. The van der Waals surface area contributed by atoms with Gasteiger partial charge in [-0.1, -0.05) is 88.4 Å². The van der Waals surface area contributed by atoms with E-state index in [0.717, 1.165) is 60.6 Å². The van der Waals surface area contributed by atoms with Gasteiger partial charge in [0.25, 0.3) is 14.2 Å². The Kier molecular flexibility index (Phi) is 7.51. The van der Waals surface area contributed by atoms with E-state index in [2.05, 4.69) is 112 Å². The third-order valence-corrected chi connectivity index (χ3v) is 17.3. The normalized spacial score (nSPS) is 27.7. The molecule has 7 heteroatoms. The van der Waals surface area contributed by atoms with Gasteiger partial charge in [0.2, 0.25) is 0 Å². The Hall–Kier alpha value is -3.00. The number of hydrogen-bond acceptors (Lipinski definition) is 5. The molecule has 0 N–H and O–H groups in total. The zero-order valence-electron chi connectivity index (χ0n) is 29.1. The summed E-state index contributed by atoms with van der Waals surface area (Å²) < 4.78 is 14.1. The van der Waals surface area contributed by atoms with Crippen LogP contribution < -0.4 is 15.3 Å². The van der Waals surface area contributed by atoms with E-state index in [1.807, 2.05) is 0 Å². The first-order chi connectivity index (χ1) is 22.5. The predicted molar refractivity (Wildman–Crippen MR) is 190 cm³/mol. The highest BCUT2D eigenvalue weighted by Crippen LogP contribution is 2.51. The van der Waals surface area contributed by atoms with Crippen molar-refractivity contribution in [3.05, 3.63) is 83.0 Å². The average molecular weight is 650 g/mol. The fourth-order valence-corrected chi connectivity index (χ4v) is 13.7. The Labute approximate surface area is 282 Å². The van der Waals surface area contributed by atoms with Crippen LogP contribution in [0.4, 0.5) is 5.82 Å². The Morgan fingerprint density at radius 3 is 2.15 bits per heavy atom. The quantitative estimate of drug-likeness (QED) is 0.254. The molecule has 3 aliphatic heterocycles. The highest BCUT2D eigenvalue weighted by atomic mass is 28.4. The van der Waals surface area contributed by atoms with Gasteiger partial charge in [-0.2, -0.15) is 0 Å². The third-order valence-electron chi connectivity index (χ3n) is 12.2. The standard InChI is InChI=1S/C40H51N3O3Si/c1-26-27(2)37(42-22-18-34(31-24-32(31)42)45-25-40(6)19-20-40)41-36-33-23-28(17-21-43(33)38(44)35(26)36)46-47(39(3,4)5,29-13-9-7-10-14-29)30-15-11-8-12-16-30/h7-16,28,31-34H,17-25H2,1-6H3. The van der Waals surface area contributed by atoms with Crippen LogP contribution in [0.25, 0.3) is 0 Å². The minimum absolute atomic E-state index is 0.0298. The van der Waals surface area contributed by atoms with Gasteiger partial charge in [-0.05, 0) is 84.3 Å². The number of nitrogens with zero attached hydrogens (tertiary/aromatic N) is 3. The number of piperidine rings is 2. The largest absolute Gasteiger partial charge is 0.404 e. The lowest BCUT2D eigenvalue weighted by atomic mass is 9.96. The van der Waals surface area contributed by atoms with Crippen molar-refractivity contribution in [1.82, 2.24) is 9.88 Å². The molecule has 3 aromatic rings. The van der Waals surface area contributed by atoms with E-state index in [1.54, 1.807) is 0 Å². The van der Waals surface area contributed by atoms with Gasteiger partial charge in [0.05, 0.1) is 30.0 Å². The molecule has 0 bridgehead atoms. The molecule has 4 heterocycles. The topological polar surface area (TPSA) is 54.9 Å².